The summed E-state index contributed by atoms with van der Waals surface area (Å²) in [6.45, 7) is -0.0852. The lowest BCUT2D eigenvalue weighted by Crippen LogP contribution is -2.50. The van der Waals surface area contributed by atoms with Crippen LogP contribution in [-0.4, -0.2) is 76.7 Å². The maximum Gasteiger partial charge on any atom is 0.408 e. The summed E-state index contributed by atoms with van der Waals surface area (Å²) in [5.74, 6) is -7.92. The Morgan fingerprint density at radius 2 is 1.88 bits per heavy atom. The molecule has 2 amide bonds. The molecule has 0 aromatic carbocycles. The number of aromatic nitrogens is 8. The van der Waals surface area contributed by atoms with E-state index in [2.05, 4.69) is 46.2 Å². The van der Waals surface area contributed by atoms with Crippen molar-refractivity contribution >= 4 is 17.5 Å². The van der Waals surface area contributed by atoms with Gasteiger partial charge in [-0.15, -0.1) is 10.2 Å². The van der Waals surface area contributed by atoms with E-state index in [4.69, 9.17) is 0 Å². The predicted molar refractivity (Wildman–Crippen MR) is 125 cm³/mol. The number of hydrogen-bond acceptors (Lipinski definition) is 9. The molecule has 0 radical (unpaired) electrons. The summed E-state index contributed by atoms with van der Waals surface area (Å²) in [5, 5.41) is 24.6. The van der Waals surface area contributed by atoms with Crippen LogP contribution in [0.25, 0.3) is 0 Å². The number of hydrogen-bond donors (Lipinski definition) is 2. The van der Waals surface area contributed by atoms with Gasteiger partial charge in [-0.2, -0.15) is 17.6 Å². The Bertz CT molecular complexity index is 1410. The van der Waals surface area contributed by atoms with Crippen molar-refractivity contribution in [2.24, 2.45) is 5.92 Å². The summed E-state index contributed by atoms with van der Waals surface area (Å²) >= 11 is 0. The molecule has 13 nitrogen and oxygen atoms in total. The summed E-state index contributed by atoms with van der Waals surface area (Å²) in [6, 6.07) is -3.29. The van der Waals surface area contributed by atoms with Crippen molar-refractivity contribution in [3.8, 4) is 0 Å². The summed E-state index contributed by atoms with van der Waals surface area (Å²) in [5.41, 5.74) is -0.805. The largest absolute Gasteiger partial charge is 0.408 e. The number of alkyl halides is 7. The van der Waals surface area contributed by atoms with Crippen LogP contribution in [-0.2, 0) is 17.8 Å². The van der Waals surface area contributed by atoms with Gasteiger partial charge in [-0.1, -0.05) is 12.1 Å². The maximum absolute atomic E-state index is 14.9. The Morgan fingerprint density at radius 1 is 1.19 bits per heavy atom. The molecule has 1 aliphatic carbocycles. The van der Waals surface area contributed by atoms with Gasteiger partial charge in [0, 0.05) is 19.3 Å². The molecule has 2 N–H and O–H groups in total. The highest BCUT2D eigenvalue weighted by atomic mass is 19.4. The maximum atomic E-state index is 14.9. The van der Waals surface area contributed by atoms with Gasteiger partial charge in [0.15, 0.2) is 11.5 Å². The highest BCUT2D eigenvalue weighted by Gasteiger charge is 2.41. The van der Waals surface area contributed by atoms with Crippen molar-refractivity contribution in [3.63, 3.8) is 0 Å². The highest BCUT2D eigenvalue weighted by molar-refractivity contribution is 6.00. The molecule has 0 saturated heterocycles. The van der Waals surface area contributed by atoms with Crippen LogP contribution in [0.3, 0.4) is 0 Å². The third-order valence-electron chi connectivity index (χ3n) is 6.76. The van der Waals surface area contributed by atoms with Crippen molar-refractivity contribution in [1.82, 2.24) is 45.6 Å². The van der Waals surface area contributed by atoms with Gasteiger partial charge >= 0.3 is 6.18 Å². The van der Waals surface area contributed by atoms with Gasteiger partial charge in [-0.25, -0.2) is 26.9 Å². The van der Waals surface area contributed by atoms with Gasteiger partial charge < -0.3 is 10.6 Å². The fourth-order valence-corrected chi connectivity index (χ4v) is 4.67. The monoisotopic (exact) mass is 628 g/mol. The molecule has 0 aliphatic heterocycles. The zero-order chi connectivity index (χ0) is 31.5. The Hall–Kier alpha value is -4.20. The molecule has 43 heavy (non-hydrogen) atoms. The molecular formula is C22H24F8N10O3. The first-order valence-corrected chi connectivity index (χ1v) is 12.8. The van der Waals surface area contributed by atoms with Gasteiger partial charge in [0.2, 0.25) is 18.3 Å². The lowest BCUT2D eigenvalue weighted by Gasteiger charge is -2.33. The van der Waals surface area contributed by atoms with Crippen molar-refractivity contribution in [1.29, 1.82) is 0 Å². The standard InChI is InChI=1S/C22H24F8N10O3/c1-2-11-16(36-43-35-11)20(42)32-15(10-3-5-21(26,27)6-4-10)19(41)31-12-8-39(34-17(12)25)13(7-14(23)24)18-33-37-38-40(18)9-22(28,29)30/h8,10,13-15H,2-7,9H2,1H3,(H,31,41)(H,32,42)/t13?,15-/m0/s1. The Morgan fingerprint density at radius 3 is 2.51 bits per heavy atom. The fraction of sp³-hybridized carbons (Fsp3) is 0.636. The zero-order valence-corrected chi connectivity index (χ0v) is 22.2. The third kappa shape index (κ3) is 7.80. The second-order valence-corrected chi connectivity index (χ2v) is 9.81. The van der Waals surface area contributed by atoms with Crippen LogP contribution in [0.4, 0.5) is 40.8 Å². The number of carbonyl (C=O) groups is 2. The molecule has 0 spiro atoms. The van der Waals surface area contributed by atoms with Gasteiger partial charge in [-0.3, -0.25) is 14.3 Å². The molecule has 2 atom stereocenters. The molecule has 3 aromatic heterocycles. The number of nitrogens with zero attached hydrogens (tertiary/aromatic N) is 8. The molecule has 3 heterocycles. The van der Waals surface area contributed by atoms with Gasteiger partial charge in [0.05, 0.1) is 6.20 Å². The highest BCUT2D eigenvalue weighted by Crippen LogP contribution is 2.38. The Kier molecular flexibility index (Phi) is 9.28. The van der Waals surface area contributed by atoms with Crippen LogP contribution < -0.4 is 10.6 Å². The van der Waals surface area contributed by atoms with Crippen LogP contribution >= 0.6 is 0 Å². The minimum Gasteiger partial charge on any atom is -0.338 e. The van der Waals surface area contributed by atoms with Crippen LogP contribution in [0.5, 0.6) is 0 Å². The fourth-order valence-electron chi connectivity index (χ4n) is 4.67. The minimum absolute atomic E-state index is 0.150. The van der Waals surface area contributed by atoms with E-state index in [1.54, 1.807) is 6.92 Å². The van der Waals surface area contributed by atoms with E-state index in [1.807, 2.05) is 0 Å². The van der Waals surface area contributed by atoms with Gasteiger partial charge in [0.1, 0.15) is 30.0 Å². The number of halogens is 8. The predicted octanol–water partition coefficient (Wildman–Crippen LogP) is 3.32. The smallest absolute Gasteiger partial charge is 0.338 e. The molecule has 0 bridgehead atoms. The molecule has 1 unspecified atom stereocenters. The number of nitrogens with one attached hydrogen (secondary N) is 2. The number of carbonyl (C=O) groups excluding carboxylic acids is 2. The average Bonchev–Trinajstić information content (AvgIpc) is 3.65. The molecule has 3 aromatic rings. The average molecular weight is 628 g/mol. The molecular weight excluding hydrogens is 604 g/mol. The molecule has 1 fully saturated rings. The minimum atomic E-state index is -4.82. The second kappa shape index (κ2) is 12.6. The molecule has 1 aliphatic rings. The van der Waals surface area contributed by atoms with Crippen LogP contribution in [0.1, 0.15) is 67.1 Å². The lowest BCUT2D eigenvalue weighted by atomic mass is 9.81. The second-order valence-electron chi connectivity index (χ2n) is 9.81. The van der Waals surface area contributed by atoms with E-state index in [1.165, 1.54) is 0 Å². The van der Waals surface area contributed by atoms with E-state index in [-0.39, 0.29) is 35.3 Å². The SMILES string of the molecule is CCc1nonc1C(=O)N[C@H](C(=O)Nc1cn(C(CC(F)F)c2nnnn2CC(F)(F)F)nc1F)C1CCC(F)(F)CC1. The first-order chi connectivity index (χ1) is 20.2. The van der Waals surface area contributed by atoms with Gasteiger partial charge in [0.25, 0.3) is 11.9 Å². The van der Waals surface area contributed by atoms with Crippen LogP contribution in [0.15, 0.2) is 10.8 Å². The van der Waals surface area contributed by atoms with Gasteiger partial charge in [-0.05, 0) is 40.8 Å². The number of rotatable bonds is 11. The van der Waals surface area contributed by atoms with Crippen molar-refractivity contribution in [3.05, 3.63) is 29.4 Å². The molecule has 236 valence electrons. The van der Waals surface area contributed by atoms with E-state index in [0.29, 0.717) is 4.68 Å². The Balaban J connectivity index is 1.60. The molecule has 1 saturated carbocycles. The van der Waals surface area contributed by atoms with E-state index in [0.717, 1.165) is 6.20 Å². The Labute approximate surface area is 236 Å². The van der Waals surface area contributed by atoms with Crippen molar-refractivity contribution < 1.29 is 49.3 Å². The number of anilines is 1. The summed E-state index contributed by atoms with van der Waals surface area (Å²) in [6.07, 6.45) is -9.70. The van der Waals surface area contributed by atoms with Crippen molar-refractivity contribution in [2.45, 2.75) is 82.6 Å². The van der Waals surface area contributed by atoms with Crippen molar-refractivity contribution in [2.75, 3.05) is 5.32 Å². The number of tetrazole rings is 1. The van der Waals surface area contributed by atoms with Crippen LogP contribution in [0.2, 0.25) is 0 Å². The first-order valence-electron chi connectivity index (χ1n) is 12.8. The van der Waals surface area contributed by atoms with E-state index >= 15 is 0 Å². The summed E-state index contributed by atoms with van der Waals surface area (Å²) in [7, 11) is 0. The normalized spacial score (nSPS) is 17.2. The molecule has 4 rings (SSSR count). The number of aryl methyl sites for hydroxylation is 1. The van der Waals surface area contributed by atoms with E-state index < -0.39 is 91.6 Å². The molecule has 21 heteroatoms. The quantitative estimate of drug-likeness (QED) is 0.304. The summed E-state index contributed by atoms with van der Waals surface area (Å²) in [4.78, 5) is 26.2. The zero-order valence-electron chi connectivity index (χ0n) is 22.2. The lowest BCUT2D eigenvalue weighted by molar-refractivity contribution is -0.143. The topological polar surface area (TPSA) is 159 Å². The third-order valence-corrected chi connectivity index (χ3v) is 6.76. The van der Waals surface area contributed by atoms with Crippen LogP contribution in [0, 0.1) is 11.9 Å². The number of amides is 2. The van der Waals surface area contributed by atoms with E-state index in [9.17, 15) is 44.7 Å². The first kappa shape index (κ1) is 31.7. The summed E-state index contributed by atoms with van der Waals surface area (Å²) < 4.78 is 113.